The molecule has 6 heteroatoms. The van der Waals surface area contributed by atoms with E-state index >= 15 is 0 Å². The molecule has 20 heavy (non-hydrogen) atoms. The van der Waals surface area contributed by atoms with Crippen LogP contribution in [-0.2, 0) is 6.42 Å². The Bertz CT molecular complexity index is 616. The summed E-state index contributed by atoms with van der Waals surface area (Å²) < 4.78 is 0. The molecule has 0 aliphatic carbocycles. The highest BCUT2D eigenvalue weighted by Crippen LogP contribution is 2.29. The molecule has 0 bridgehead atoms. The molecule has 3 N–H and O–H groups in total. The summed E-state index contributed by atoms with van der Waals surface area (Å²) in [4.78, 5) is 8.25. The Balaban J connectivity index is 2.28. The monoisotopic (exact) mass is 310 g/mol. The molecule has 0 spiro atoms. The zero-order valence-corrected chi connectivity index (χ0v) is 12.8. The molecule has 1 aromatic carbocycles. The number of nitrogens with zero attached hydrogens (tertiary/aromatic N) is 2. The SMILES string of the molecule is CCc1c(N)ncnc1NC(C)c1ccc(Cl)cc1Cl. The fourth-order valence-electron chi connectivity index (χ4n) is 2.03. The van der Waals surface area contributed by atoms with Crippen molar-refractivity contribution in [3.05, 3.63) is 45.7 Å². The molecular weight excluding hydrogens is 295 g/mol. The maximum Gasteiger partial charge on any atom is 0.135 e. The number of nitrogen functional groups attached to an aromatic ring is 1. The molecule has 2 rings (SSSR count). The maximum absolute atomic E-state index is 6.21. The lowest BCUT2D eigenvalue weighted by atomic mass is 10.1. The third kappa shape index (κ3) is 3.14. The molecule has 0 fully saturated rings. The van der Waals surface area contributed by atoms with Crippen LogP contribution in [0, 0.1) is 0 Å². The molecule has 0 amide bonds. The van der Waals surface area contributed by atoms with Crippen molar-refractivity contribution in [2.75, 3.05) is 11.1 Å². The Morgan fingerprint density at radius 2 is 2.05 bits per heavy atom. The number of hydrogen-bond donors (Lipinski definition) is 2. The van der Waals surface area contributed by atoms with Gasteiger partial charge in [0, 0.05) is 15.6 Å². The smallest absolute Gasteiger partial charge is 0.135 e. The first kappa shape index (κ1) is 14.9. The van der Waals surface area contributed by atoms with Crippen molar-refractivity contribution in [2.24, 2.45) is 0 Å². The van der Waals surface area contributed by atoms with Gasteiger partial charge in [-0.15, -0.1) is 0 Å². The Kier molecular flexibility index (Phi) is 4.68. The topological polar surface area (TPSA) is 63.8 Å². The first-order valence-corrected chi connectivity index (χ1v) is 7.09. The second-order valence-electron chi connectivity index (χ2n) is 4.47. The fraction of sp³-hybridized carbons (Fsp3) is 0.286. The van der Waals surface area contributed by atoms with Crippen LogP contribution in [0.15, 0.2) is 24.5 Å². The van der Waals surface area contributed by atoms with Crippen molar-refractivity contribution in [1.29, 1.82) is 0 Å². The Morgan fingerprint density at radius 3 is 2.70 bits per heavy atom. The van der Waals surface area contributed by atoms with Gasteiger partial charge >= 0.3 is 0 Å². The van der Waals surface area contributed by atoms with E-state index in [1.54, 1.807) is 6.07 Å². The van der Waals surface area contributed by atoms with Crippen LogP contribution in [0.1, 0.15) is 31.0 Å². The second-order valence-corrected chi connectivity index (χ2v) is 5.32. The highest BCUT2D eigenvalue weighted by Gasteiger charge is 2.14. The first-order chi connectivity index (χ1) is 9.52. The van der Waals surface area contributed by atoms with Crippen LogP contribution in [0.25, 0.3) is 0 Å². The summed E-state index contributed by atoms with van der Waals surface area (Å²) in [6.45, 7) is 4.02. The summed E-state index contributed by atoms with van der Waals surface area (Å²) in [6, 6.07) is 5.43. The fourth-order valence-corrected chi connectivity index (χ4v) is 2.61. The van der Waals surface area contributed by atoms with Crippen LogP contribution in [0.3, 0.4) is 0 Å². The Labute approximate surface area is 128 Å². The summed E-state index contributed by atoms with van der Waals surface area (Å²) in [5.41, 5.74) is 7.72. The van der Waals surface area contributed by atoms with Gasteiger partial charge in [-0.25, -0.2) is 9.97 Å². The van der Waals surface area contributed by atoms with Crippen molar-refractivity contribution in [3.63, 3.8) is 0 Å². The average molecular weight is 311 g/mol. The van der Waals surface area contributed by atoms with Crippen LogP contribution in [0.2, 0.25) is 10.0 Å². The standard InChI is InChI=1S/C14H16Cl2N4/c1-3-10-13(17)18-7-19-14(10)20-8(2)11-5-4-9(15)6-12(11)16/h4-8H,3H2,1-2H3,(H3,17,18,19,20). The van der Waals surface area contributed by atoms with E-state index in [2.05, 4.69) is 15.3 Å². The minimum atomic E-state index is -0.0145. The number of hydrogen-bond acceptors (Lipinski definition) is 4. The van der Waals surface area contributed by atoms with Gasteiger partial charge in [-0.1, -0.05) is 36.2 Å². The lowest BCUT2D eigenvalue weighted by Gasteiger charge is -2.18. The van der Waals surface area contributed by atoms with Crippen molar-refractivity contribution in [3.8, 4) is 0 Å². The van der Waals surface area contributed by atoms with Gasteiger partial charge < -0.3 is 11.1 Å². The number of nitrogens with one attached hydrogen (secondary N) is 1. The third-order valence-corrected chi connectivity index (χ3v) is 3.68. The van der Waals surface area contributed by atoms with E-state index in [4.69, 9.17) is 28.9 Å². The van der Waals surface area contributed by atoms with Crippen LogP contribution >= 0.6 is 23.2 Å². The van der Waals surface area contributed by atoms with Crippen molar-refractivity contribution in [1.82, 2.24) is 9.97 Å². The van der Waals surface area contributed by atoms with Gasteiger partial charge in [0.1, 0.15) is 18.0 Å². The number of halogens is 2. The molecule has 0 saturated heterocycles. The molecule has 1 heterocycles. The number of rotatable bonds is 4. The Hall–Kier alpha value is -1.52. The first-order valence-electron chi connectivity index (χ1n) is 6.33. The van der Waals surface area contributed by atoms with Crippen LogP contribution in [0.4, 0.5) is 11.6 Å². The van der Waals surface area contributed by atoms with Gasteiger partial charge in [0.25, 0.3) is 0 Å². The number of nitrogens with two attached hydrogens (primary N) is 1. The van der Waals surface area contributed by atoms with Gasteiger partial charge in [-0.05, 0) is 31.0 Å². The van der Waals surface area contributed by atoms with Gasteiger partial charge in [-0.3, -0.25) is 0 Å². The summed E-state index contributed by atoms with van der Waals surface area (Å²) in [5.74, 6) is 1.23. The van der Waals surface area contributed by atoms with E-state index in [-0.39, 0.29) is 6.04 Å². The van der Waals surface area contributed by atoms with E-state index < -0.39 is 0 Å². The number of benzene rings is 1. The van der Waals surface area contributed by atoms with E-state index in [0.717, 1.165) is 23.4 Å². The van der Waals surface area contributed by atoms with Crippen LogP contribution < -0.4 is 11.1 Å². The van der Waals surface area contributed by atoms with Gasteiger partial charge in [-0.2, -0.15) is 0 Å². The zero-order chi connectivity index (χ0) is 14.7. The third-order valence-electron chi connectivity index (χ3n) is 3.11. The molecule has 4 nitrogen and oxygen atoms in total. The summed E-state index contributed by atoms with van der Waals surface area (Å²) in [7, 11) is 0. The molecule has 2 aromatic rings. The van der Waals surface area contributed by atoms with Crippen molar-refractivity contribution < 1.29 is 0 Å². The van der Waals surface area contributed by atoms with Crippen molar-refractivity contribution in [2.45, 2.75) is 26.3 Å². The number of aromatic nitrogens is 2. The van der Waals surface area contributed by atoms with Crippen LogP contribution in [-0.4, -0.2) is 9.97 Å². The lowest BCUT2D eigenvalue weighted by Crippen LogP contribution is -2.12. The van der Waals surface area contributed by atoms with Gasteiger partial charge in [0.2, 0.25) is 0 Å². The molecule has 1 aromatic heterocycles. The van der Waals surface area contributed by atoms with Crippen molar-refractivity contribution >= 4 is 34.8 Å². The van der Waals surface area contributed by atoms with Crippen LogP contribution in [0.5, 0.6) is 0 Å². The molecule has 1 atom stereocenters. The normalized spacial score (nSPS) is 12.2. The summed E-state index contributed by atoms with van der Waals surface area (Å²) in [5, 5.41) is 4.56. The second kappa shape index (κ2) is 6.29. The van der Waals surface area contributed by atoms with E-state index in [9.17, 15) is 0 Å². The Morgan fingerprint density at radius 1 is 1.30 bits per heavy atom. The summed E-state index contributed by atoms with van der Waals surface area (Å²) in [6.07, 6.45) is 2.21. The number of anilines is 2. The molecular formula is C14H16Cl2N4. The van der Waals surface area contributed by atoms with Gasteiger partial charge in [0.15, 0.2) is 0 Å². The average Bonchev–Trinajstić information content (AvgIpc) is 2.38. The maximum atomic E-state index is 6.21. The van der Waals surface area contributed by atoms with E-state index in [1.807, 2.05) is 26.0 Å². The minimum Gasteiger partial charge on any atom is -0.383 e. The highest BCUT2D eigenvalue weighted by molar-refractivity contribution is 6.35. The van der Waals surface area contributed by atoms with Gasteiger partial charge in [0.05, 0.1) is 6.04 Å². The lowest BCUT2D eigenvalue weighted by molar-refractivity contribution is 0.864. The van der Waals surface area contributed by atoms with E-state index in [1.165, 1.54) is 6.33 Å². The molecule has 0 aliphatic rings. The van der Waals surface area contributed by atoms with E-state index in [0.29, 0.717) is 15.9 Å². The largest absolute Gasteiger partial charge is 0.383 e. The zero-order valence-electron chi connectivity index (χ0n) is 11.3. The molecule has 0 saturated carbocycles. The molecule has 0 aliphatic heterocycles. The molecule has 0 radical (unpaired) electrons. The quantitative estimate of drug-likeness (QED) is 0.892. The summed E-state index contributed by atoms with van der Waals surface area (Å²) >= 11 is 12.1. The highest BCUT2D eigenvalue weighted by atomic mass is 35.5. The molecule has 1 unspecified atom stereocenters. The predicted molar refractivity (Wildman–Crippen MR) is 84.3 cm³/mol. The predicted octanol–water partition coefficient (Wildman–Crippen LogP) is 4.10. The minimum absolute atomic E-state index is 0.0145. The molecule has 106 valence electrons.